The maximum absolute atomic E-state index is 13.1. The lowest BCUT2D eigenvalue weighted by atomic mass is 10.0. The van der Waals surface area contributed by atoms with Crippen molar-refractivity contribution in [3.8, 4) is 0 Å². The summed E-state index contributed by atoms with van der Waals surface area (Å²) >= 11 is 3.41. The van der Waals surface area contributed by atoms with Crippen molar-refractivity contribution >= 4 is 49.4 Å². The zero-order valence-corrected chi connectivity index (χ0v) is 31.2. The summed E-state index contributed by atoms with van der Waals surface area (Å²) in [6.07, 6.45) is 3.23. The number of benzene rings is 3. The molecule has 266 valence electrons. The summed E-state index contributed by atoms with van der Waals surface area (Å²) in [6, 6.07) is 33.3. The van der Waals surface area contributed by atoms with Crippen LogP contribution < -0.4 is 10.9 Å². The number of carbonyl (C=O) groups excluding carboxylic acids is 2. The Balaban J connectivity index is 0.000000183. The van der Waals surface area contributed by atoms with Crippen molar-refractivity contribution < 1.29 is 14.4 Å². The standard InChI is InChI=1S/C23H17BrN2O2.C19H19N3O3/c1-15-7-6-8-16(25-15)13-26-14-19(22(27)17-9-2-4-11-20(17)24)23(28)18-10-3-5-12-21(18)26;1-13-7-6-8-14(20-13)11-22-12-16(19(24)21(2)25-3)18(23)15-9-4-5-10-17(15)22/h2-12,14H,13H2,1H3;4-10,12H,11H2,1-3H3. The van der Waals surface area contributed by atoms with Crippen LogP contribution in [0.1, 0.15) is 49.1 Å². The summed E-state index contributed by atoms with van der Waals surface area (Å²) < 4.78 is 4.46. The van der Waals surface area contributed by atoms with Gasteiger partial charge < -0.3 is 9.13 Å². The summed E-state index contributed by atoms with van der Waals surface area (Å²) in [5.74, 6) is -0.779. The van der Waals surface area contributed by atoms with Gasteiger partial charge in [0.2, 0.25) is 10.9 Å². The molecule has 0 saturated carbocycles. The Hall–Kier alpha value is -6.04. The van der Waals surface area contributed by atoms with Crippen LogP contribution in [0.5, 0.6) is 0 Å². The van der Waals surface area contributed by atoms with Gasteiger partial charge in [0.15, 0.2) is 5.78 Å². The van der Waals surface area contributed by atoms with E-state index in [0.29, 0.717) is 33.9 Å². The molecule has 0 aliphatic rings. The second-order valence-electron chi connectivity index (χ2n) is 12.4. The van der Waals surface area contributed by atoms with Crippen LogP contribution in [0.2, 0.25) is 0 Å². The maximum Gasteiger partial charge on any atom is 0.282 e. The van der Waals surface area contributed by atoms with Gasteiger partial charge in [0.05, 0.1) is 48.2 Å². The first-order valence-electron chi connectivity index (χ1n) is 16.8. The van der Waals surface area contributed by atoms with Gasteiger partial charge in [-0.15, -0.1) is 0 Å². The first-order valence-corrected chi connectivity index (χ1v) is 17.6. The molecule has 7 rings (SSSR count). The molecule has 0 aliphatic heterocycles. The number of halogens is 1. The smallest absolute Gasteiger partial charge is 0.282 e. The van der Waals surface area contributed by atoms with Gasteiger partial charge in [-0.1, -0.05) is 64.5 Å². The van der Waals surface area contributed by atoms with Crippen molar-refractivity contribution in [3.63, 3.8) is 0 Å². The highest BCUT2D eigenvalue weighted by Crippen LogP contribution is 2.21. The number of ketones is 1. The Morgan fingerprint density at radius 2 is 1.11 bits per heavy atom. The number of aryl methyl sites for hydroxylation is 2. The van der Waals surface area contributed by atoms with Crippen molar-refractivity contribution in [1.82, 2.24) is 24.2 Å². The molecule has 11 heteroatoms. The van der Waals surface area contributed by atoms with E-state index in [2.05, 4.69) is 25.9 Å². The number of aromatic nitrogens is 4. The number of rotatable bonds is 8. The number of hydrogen-bond acceptors (Lipinski definition) is 7. The van der Waals surface area contributed by atoms with Crippen LogP contribution in [0.25, 0.3) is 21.8 Å². The zero-order chi connectivity index (χ0) is 37.6. The van der Waals surface area contributed by atoms with Gasteiger partial charge in [0.1, 0.15) is 5.56 Å². The van der Waals surface area contributed by atoms with E-state index in [1.54, 1.807) is 48.8 Å². The van der Waals surface area contributed by atoms with Crippen LogP contribution >= 0.6 is 15.9 Å². The average Bonchev–Trinajstić information content (AvgIpc) is 3.17. The van der Waals surface area contributed by atoms with E-state index in [0.717, 1.165) is 38.9 Å². The molecule has 0 unspecified atom stereocenters. The number of carbonyl (C=O) groups is 2. The third kappa shape index (κ3) is 8.06. The van der Waals surface area contributed by atoms with E-state index < -0.39 is 5.91 Å². The van der Waals surface area contributed by atoms with Crippen LogP contribution in [-0.4, -0.2) is 50.0 Å². The molecule has 1 amide bonds. The lowest BCUT2D eigenvalue weighted by Crippen LogP contribution is -2.31. The molecule has 0 N–H and O–H groups in total. The Bertz CT molecular complexity index is 2620. The van der Waals surface area contributed by atoms with E-state index in [1.165, 1.54) is 14.2 Å². The van der Waals surface area contributed by atoms with E-state index in [4.69, 9.17) is 4.84 Å². The minimum Gasteiger partial charge on any atom is -0.340 e. The second kappa shape index (κ2) is 16.1. The predicted molar refractivity (Wildman–Crippen MR) is 209 cm³/mol. The fourth-order valence-corrected chi connectivity index (χ4v) is 6.50. The average molecular weight is 771 g/mol. The van der Waals surface area contributed by atoms with Crippen LogP contribution in [0.4, 0.5) is 0 Å². The molecule has 0 fully saturated rings. The highest BCUT2D eigenvalue weighted by Gasteiger charge is 2.20. The molecule has 3 aromatic carbocycles. The number of pyridine rings is 4. The predicted octanol–water partition coefficient (Wildman–Crippen LogP) is 7.13. The van der Waals surface area contributed by atoms with Gasteiger partial charge in [-0.3, -0.25) is 34.0 Å². The van der Waals surface area contributed by atoms with Gasteiger partial charge in [0, 0.05) is 51.6 Å². The van der Waals surface area contributed by atoms with Crippen molar-refractivity contribution in [2.75, 3.05) is 14.2 Å². The largest absolute Gasteiger partial charge is 0.340 e. The SMILES string of the molecule is CON(C)C(=O)c1cn(Cc2cccc(C)n2)c2ccccc2c1=O.Cc1cccc(Cn2cc(C(=O)c3ccccc3Br)c(=O)c3ccccc32)n1. The molecule has 0 bridgehead atoms. The van der Waals surface area contributed by atoms with Gasteiger partial charge in [-0.05, 0) is 74.5 Å². The van der Waals surface area contributed by atoms with Crippen LogP contribution in [0.15, 0.2) is 136 Å². The van der Waals surface area contributed by atoms with Gasteiger partial charge in [-0.25, -0.2) is 5.06 Å². The Kier molecular flexibility index (Phi) is 11.2. The summed E-state index contributed by atoms with van der Waals surface area (Å²) in [6.45, 7) is 4.79. The molecule has 4 aromatic heterocycles. The first-order chi connectivity index (χ1) is 25.5. The normalized spacial score (nSPS) is 10.9. The third-order valence-corrected chi connectivity index (χ3v) is 9.38. The Labute approximate surface area is 314 Å². The van der Waals surface area contributed by atoms with Crippen LogP contribution in [0.3, 0.4) is 0 Å². The fourth-order valence-electron chi connectivity index (χ4n) is 6.03. The minimum atomic E-state index is -0.482. The quantitative estimate of drug-likeness (QED) is 0.119. The summed E-state index contributed by atoms with van der Waals surface area (Å²) in [5.41, 5.74) is 5.21. The van der Waals surface area contributed by atoms with E-state index in [-0.39, 0.29) is 27.8 Å². The number of fused-ring (bicyclic) bond motifs is 2. The molecule has 4 heterocycles. The Morgan fingerprint density at radius 1 is 0.642 bits per heavy atom. The summed E-state index contributed by atoms with van der Waals surface area (Å²) in [4.78, 5) is 65.4. The Morgan fingerprint density at radius 3 is 1.62 bits per heavy atom. The molecular formula is C42H36BrN5O5. The van der Waals surface area contributed by atoms with E-state index in [9.17, 15) is 19.2 Å². The van der Waals surface area contributed by atoms with E-state index in [1.807, 2.05) is 95.8 Å². The maximum atomic E-state index is 13.1. The van der Waals surface area contributed by atoms with Crippen molar-refractivity contribution in [2.45, 2.75) is 26.9 Å². The van der Waals surface area contributed by atoms with Gasteiger partial charge >= 0.3 is 0 Å². The second-order valence-corrected chi connectivity index (χ2v) is 13.2. The monoisotopic (exact) mass is 769 g/mol. The van der Waals surface area contributed by atoms with Crippen molar-refractivity contribution in [3.05, 3.63) is 186 Å². The zero-order valence-electron chi connectivity index (χ0n) is 29.6. The number of hydroxylamine groups is 2. The molecule has 7 aromatic rings. The van der Waals surface area contributed by atoms with Crippen LogP contribution in [0, 0.1) is 13.8 Å². The number of amides is 1. The lowest BCUT2D eigenvalue weighted by molar-refractivity contribution is -0.0758. The summed E-state index contributed by atoms with van der Waals surface area (Å²) in [7, 11) is 2.86. The molecule has 0 atom stereocenters. The van der Waals surface area contributed by atoms with Crippen LogP contribution in [-0.2, 0) is 17.9 Å². The molecule has 10 nitrogen and oxygen atoms in total. The minimum absolute atomic E-state index is 0.0655. The van der Waals surface area contributed by atoms with Gasteiger partial charge in [-0.2, -0.15) is 0 Å². The molecule has 0 saturated heterocycles. The van der Waals surface area contributed by atoms with Gasteiger partial charge in [0.25, 0.3) is 5.91 Å². The fraction of sp³-hybridized carbons (Fsp3) is 0.143. The third-order valence-electron chi connectivity index (χ3n) is 8.69. The summed E-state index contributed by atoms with van der Waals surface area (Å²) in [5, 5.41) is 2.05. The number of hydrogen-bond donors (Lipinski definition) is 0. The van der Waals surface area contributed by atoms with Crippen molar-refractivity contribution in [2.24, 2.45) is 0 Å². The highest BCUT2D eigenvalue weighted by atomic mass is 79.9. The number of para-hydroxylation sites is 2. The topological polar surface area (TPSA) is 116 Å². The number of nitrogens with zero attached hydrogens (tertiary/aromatic N) is 5. The first kappa shape index (κ1) is 36.7. The van der Waals surface area contributed by atoms with E-state index >= 15 is 0 Å². The highest BCUT2D eigenvalue weighted by molar-refractivity contribution is 9.10. The molecule has 53 heavy (non-hydrogen) atoms. The molecule has 0 aliphatic carbocycles. The molecule has 0 spiro atoms. The lowest BCUT2D eigenvalue weighted by Gasteiger charge is -2.16. The molecular weight excluding hydrogens is 734 g/mol. The van der Waals surface area contributed by atoms with Crippen molar-refractivity contribution in [1.29, 1.82) is 0 Å². The molecule has 0 radical (unpaired) electrons.